The standard InChI is InChI=1S/C18H15N3O3/c22-17(20-16(18(23)24)13-6-2-1-3-7-13)14-8-4-9-15(12-14)21-11-5-10-19-21/h1-12,16H,(H,20,22)(H,23,24). The molecule has 2 N–H and O–H groups in total. The molecule has 0 aliphatic heterocycles. The molecule has 1 amide bonds. The van der Waals surface area contributed by atoms with Gasteiger partial charge in [0.2, 0.25) is 0 Å². The molecular formula is C18H15N3O3. The molecule has 0 saturated heterocycles. The lowest BCUT2D eigenvalue weighted by Gasteiger charge is -2.15. The highest BCUT2D eigenvalue weighted by Gasteiger charge is 2.22. The van der Waals surface area contributed by atoms with Gasteiger partial charge in [0.15, 0.2) is 6.04 Å². The molecule has 6 heteroatoms. The van der Waals surface area contributed by atoms with Crippen LogP contribution in [0.15, 0.2) is 73.1 Å². The Morgan fingerprint density at radius 3 is 2.50 bits per heavy atom. The van der Waals surface area contributed by atoms with Crippen LogP contribution in [0, 0.1) is 0 Å². The maximum atomic E-state index is 12.5. The number of aromatic nitrogens is 2. The van der Waals surface area contributed by atoms with Gasteiger partial charge in [0.25, 0.3) is 5.91 Å². The van der Waals surface area contributed by atoms with Gasteiger partial charge >= 0.3 is 5.97 Å². The van der Waals surface area contributed by atoms with Crippen molar-refractivity contribution in [3.63, 3.8) is 0 Å². The van der Waals surface area contributed by atoms with Crippen LogP contribution in [0.1, 0.15) is 22.0 Å². The minimum absolute atomic E-state index is 0.366. The molecular weight excluding hydrogens is 306 g/mol. The second-order valence-corrected chi connectivity index (χ2v) is 5.16. The molecule has 0 radical (unpaired) electrons. The van der Waals surface area contributed by atoms with Gasteiger partial charge in [-0.2, -0.15) is 5.10 Å². The zero-order valence-electron chi connectivity index (χ0n) is 12.7. The fourth-order valence-electron chi connectivity index (χ4n) is 2.36. The van der Waals surface area contributed by atoms with E-state index in [-0.39, 0.29) is 0 Å². The van der Waals surface area contributed by atoms with E-state index in [9.17, 15) is 14.7 Å². The Labute approximate surface area is 138 Å². The third kappa shape index (κ3) is 3.33. The van der Waals surface area contributed by atoms with Crippen LogP contribution in [0.4, 0.5) is 0 Å². The molecule has 0 spiro atoms. The number of aliphatic carboxylic acids is 1. The summed E-state index contributed by atoms with van der Waals surface area (Å²) in [5.74, 6) is -1.57. The average molecular weight is 321 g/mol. The van der Waals surface area contributed by atoms with Gasteiger partial charge < -0.3 is 10.4 Å². The Morgan fingerprint density at radius 2 is 1.83 bits per heavy atom. The molecule has 0 aliphatic carbocycles. The fraction of sp³-hybridized carbons (Fsp3) is 0.0556. The van der Waals surface area contributed by atoms with Crippen LogP contribution >= 0.6 is 0 Å². The van der Waals surface area contributed by atoms with Gasteiger partial charge in [0, 0.05) is 18.0 Å². The summed E-state index contributed by atoms with van der Waals surface area (Å²) in [7, 11) is 0. The molecule has 0 fully saturated rings. The first-order valence-electron chi connectivity index (χ1n) is 7.34. The zero-order chi connectivity index (χ0) is 16.9. The van der Waals surface area contributed by atoms with Crippen molar-refractivity contribution in [2.75, 3.05) is 0 Å². The molecule has 120 valence electrons. The Kier molecular flexibility index (Phi) is 4.38. The summed E-state index contributed by atoms with van der Waals surface area (Å²) in [6.45, 7) is 0. The highest BCUT2D eigenvalue weighted by molar-refractivity contribution is 5.97. The van der Waals surface area contributed by atoms with Crippen LogP contribution in [0.25, 0.3) is 5.69 Å². The van der Waals surface area contributed by atoms with Crippen molar-refractivity contribution in [3.8, 4) is 5.69 Å². The first-order valence-corrected chi connectivity index (χ1v) is 7.34. The number of benzene rings is 2. The van der Waals surface area contributed by atoms with Crippen molar-refractivity contribution < 1.29 is 14.7 Å². The Bertz CT molecular complexity index is 845. The van der Waals surface area contributed by atoms with Crippen LogP contribution in [0.2, 0.25) is 0 Å². The number of nitrogens with one attached hydrogen (secondary N) is 1. The van der Waals surface area contributed by atoms with Crippen molar-refractivity contribution in [1.82, 2.24) is 15.1 Å². The summed E-state index contributed by atoms with van der Waals surface area (Å²) in [4.78, 5) is 23.9. The molecule has 0 bridgehead atoms. The second kappa shape index (κ2) is 6.78. The summed E-state index contributed by atoms with van der Waals surface area (Å²) in [6.07, 6.45) is 3.41. The van der Waals surface area contributed by atoms with E-state index in [4.69, 9.17) is 0 Å². The molecule has 3 rings (SSSR count). The minimum atomic E-state index is -1.11. The zero-order valence-corrected chi connectivity index (χ0v) is 12.7. The Hall–Kier alpha value is -3.41. The summed E-state index contributed by atoms with van der Waals surface area (Å²) in [5.41, 5.74) is 1.60. The van der Waals surface area contributed by atoms with E-state index in [0.29, 0.717) is 11.1 Å². The van der Waals surface area contributed by atoms with E-state index in [1.807, 2.05) is 6.07 Å². The number of nitrogens with zero attached hydrogens (tertiary/aromatic N) is 2. The molecule has 2 aromatic carbocycles. The Balaban J connectivity index is 1.84. The van der Waals surface area contributed by atoms with Gasteiger partial charge in [-0.3, -0.25) is 4.79 Å². The highest BCUT2D eigenvalue weighted by Crippen LogP contribution is 2.15. The van der Waals surface area contributed by atoms with Gasteiger partial charge in [-0.25, -0.2) is 9.48 Å². The first-order chi connectivity index (χ1) is 11.6. The predicted molar refractivity (Wildman–Crippen MR) is 87.8 cm³/mol. The summed E-state index contributed by atoms with van der Waals surface area (Å²) in [6, 6.07) is 16.1. The third-order valence-electron chi connectivity index (χ3n) is 3.53. The lowest BCUT2D eigenvalue weighted by atomic mass is 10.1. The first kappa shape index (κ1) is 15.5. The van der Waals surface area contributed by atoms with Crippen molar-refractivity contribution in [2.24, 2.45) is 0 Å². The third-order valence-corrected chi connectivity index (χ3v) is 3.53. The van der Waals surface area contributed by atoms with Crippen molar-refractivity contribution in [2.45, 2.75) is 6.04 Å². The van der Waals surface area contributed by atoms with Gasteiger partial charge in [0.05, 0.1) is 5.69 Å². The normalized spacial score (nSPS) is 11.7. The van der Waals surface area contributed by atoms with Crippen molar-refractivity contribution in [3.05, 3.63) is 84.2 Å². The lowest BCUT2D eigenvalue weighted by molar-refractivity contribution is -0.139. The summed E-state index contributed by atoms with van der Waals surface area (Å²) in [5, 5.41) is 16.1. The van der Waals surface area contributed by atoms with Crippen LogP contribution in [-0.4, -0.2) is 26.8 Å². The molecule has 0 saturated carbocycles. The van der Waals surface area contributed by atoms with Crippen LogP contribution in [0.3, 0.4) is 0 Å². The van der Waals surface area contributed by atoms with E-state index in [1.54, 1.807) is 71.7 Å². The van der Waals surface area contributed by atoms with Gasteiger partial charge in [-0.05, 0) is 29.8 Å². The molecule has 3 aromatic rings. The van der Waals surface area contributed by atoms with E-state index in [0.717, 1.165) is 5.69 Å². The predicted octanol–water partition coefficient (Wildman–Crippen LogP) is 2.43. The smallest absolute Gasteiger partial charge is 0.330 e. The molecule has 1 unspecified atom stereocenters. The quantitative estimate of drug-likeness (QED) is 0.756. The topological polar surface area (TPSA) is 84.2 Å². The second-order valence-electron chi connectivity index (χ2n) is 5.16. The summed E-state index contributed by atoms with van der Waals surface area (Å²) >= 11 is 0. The largest absolute Gasteiger partial charge is 0.479 e. The SMILES string of the molecule is O=C(NC(C(=O)O)c1ccccc1)c1cccc(-n2cccn2)c1. The number of carbonyl (C=O) groups excluding carboxylic acids is 1. The van der Waals surface area contributed by atoms with Crippen LogP contribution < -0.4 is 5.32 Å². The minimum Gasteiger partial charge on any atom is -0.479 e. The van der Waals surface area contributed by atoms with E-state index >= 15 is 0 Å². The highest BCUT2D eigenvalue weighted by atomic mass is 16.4. The molecule has 1 heterocycles. The van der Waals surface area contributed by atoms with Crippen molar-refractivity contribution >= 4 is 11.9 Å². The van der Waals surface area contributed by atoms with Crippen LogP contribution in [0.5, 0.6) is 0 Å². The molecule has 1 aromatic heterocycles. The van der Waals surface area contributed by atoms with Crippen LogP contribution in [-0.2, 0) is 4.79 Å². The van der Waals surface area contributed by atoms with Crippen molar-refractivity contribution in [1.29, 1.82) is 0 Å². The molecule has 1 atom stereocenters. The maximum Gasteiger partial charge on any atom is 0.330 e. The number of rotatable bonds is 5. The number of amides is 1. The Morgan fingerprint density at radius 1 is 1.04 bits per heavy atom. The maximum absolute atomic E-state index is 12.5. The van der Waals surface area contributed by atoms with Gasteiger partial charge in [-0.1, -0.05) is 36.4 Å². The van der Waals surface area contributed by atoms with E-state index in [2.05, 4.69) is 10.4 Å². The fourth-order valence-corrected chi connectivity index (χ4v) is 2.36. The molecule has 0 aliphatic rings. The average Bonchev–Trinajstić information content (AvgIpc) is 3.15. The van der Waals surface area contributed by atoms with Gasteiger partial charge in [-0.15, -0.1) is 0 Å². The number of hydrogen-bond donors (Lipinski definition) is 2. The lowest BCUT2D eigenvalue weighted by Crippen LogP contribution is -2.33. The van der Waals surface area contributed by atoms with Gasteiger partial charge in [0.1, 0.15) is 0 Å². The van der Waals surface area contributed by atoms with E-state index in [1.165, 1.54) is 0 Å². The monoisotopic (exact) mass is 321 g/mol. The number of carbonyl (C=O) groups is 2. The molecule has 24 heavy (non-hydrogen) atoms. The number of carboxylic acid groups (broad SMARTS) is 1. The summed E-state index contributed by atoms with van der Waals surface area (Å²) < 4.78 is 1.63. The number of hydrogen-bond acceptors (Lipinski definition) is 3. The number of carboxylic acids is 1. The van der Waals surface area contributed by atoms with E-state index < -0.39 is 17.9 Å². The molecule has 6 nitrogen and oxygen atoms in total.